The van der Waals surface area contributed by atoms with Gasteiger partial charge in [-0.1, -0.05) is 11.6 Å². The topological polar surface area (TPSA) is 71.1 Å². The molecule has 3 rings (SSSR count). The first-order chi connectivity index (χ1) is 11.9. The molecule has 1 aromatic rings. The minimum absolute atomic E-state index is 0.139. The number of benzene rings is 1. The summed E-state index contributed by atoms with van der Waals surface area (Å²) in [6.45, 7) is 1.75. The molecule has 1 heterocycles. The van der Waals surface area contributed by atoms with Gasteiger partial charge in [-0.05, 0) is 12.5 Å². The summed E-state index contributed by atoms with van der Waals surface area (Å²) in [4.78, 5) is 25.3. The maximum absolute atomic E-state index is 13.2. The number of halogens is 1. The second-order valence-corrected chi connectivity index (χ2v) is 6.11. The lowest BCUT2D eigenvalue weighted by molar-refractivity contribution is -0.114. The summed E-state index contributed by atoms with van der Waals surface area (Å²) in [6, 6.07) is 1.53. The molecule has 0 fully saturated rings. The molecule has 0 bridgehead atoms. The van der Waals surface area contributed by atoms with Crippen molar-refractivity contribution >= 4 is 23.2 Å². The van der Waals surface area contributed by atoms with E-state index in [1.165, 1.54) is 33.5 Å². The Morgan fingerprint density at radius 1 is 1.12 bits per heavy atom. The van der Waals surface area contributed by atoms with Crippen LogP contribution in [0.2, 0.25) is 5.02 Å². The van der Waals surface area contributed by atoms with Crippen LogP contribution in [0.4, 0.5) is 0 Å². The molecule has 1 aliphatic carbocycles. The Morgan fingerprint density at radius 2 is 1.80 bits per heavy atom. The van der Waals surface area contributed by atoms with E-state index in [1.54, 1.807) is 6.92 Å². The molecule has 7 heteroatoms. The summed E-state index contributed by atoms with van der Waals surface area (Å²) in [5.41, 5.74) is 0.849. The molecule has 132 valence electrons. The third-order valence-electron chi connectivity index (χ3n) is 4.26. The zero-order valence-electron chi connectivity index (χ0n) is 14.3. The molecular weight excluding hydrogens is 348 g/mol. The quantitative estimate of drug-likeness (QED) is 0.819. The first-order valence-corrected chi connectivity index (χ1v) is 7.95. The normalized spacial score (nSPS) is 19.4. The lowest BCUT2D eigenvalue weighted by Gasteiger charge is -2.30. The Hall–Kier alpha value is -2.47. The molecule has 0 unspecified atom stereocenters. The number of carbonyl (C=O) groups excluding carboxylic acids is 2. The van der Waals surface area contributed by atoms with E-state index in [2.05, 4.69) is 0 Å². The Labute approximate surface area is 150 Å². The van der Waals surface area contributed by atoms with E-state index in [4.69, 9.17) is 30.5 Å². The molecule has 25 heavy (non-hydrogen) atoms. The number of hydrogen-bond donors (Lipinski definition) is 0. The van der Waals surface area contributed by atoms with Crippen molar-refractivity contribution in [1.29, 1.82) is 0 Å². The van der Waals surface area contributed by atoms with Crippen molar-refractivity contribution in [1.82, 2.24) is 0 Å². The molecule has 1 aromatic carbocycles. The molecule has 0 spiro atoms. The van der Waals surface area contributed by atoms with Crippen molar-refractivity contribution in [3.63, 3.8) is 0 Å². The van der Waals surface area contributed by atoms with Gasteiger partial charge in [0, 0.05) is 18.6 Å². The molecule has 1 atom stereocenters. The highest BCUT2D eigenvalue weighted by atomic mass is 35.5. The van der Waals surface area contributed by atoms with Gasteiger partial charge in [-0.3, -0.25) is 9.59 Å². The van der Waals surface area contributed by atoms with Gasteiger partial charge in [0.1, 0.15) is 39.5 Å². The van der Waals surface area contributed by atoms with Crippen molar-refractivity contribution in [3.8, 4) is 17.2 Å². The average Bonchev–Trinajstić information content (AvgIpc) is 2.72. The minimum atomic E-state index is -0.845. The van der Waals surface area contributed by atoms with E-state index in [9.17, 15) is 9.59 Å². The Balaban J connectivity index is 2.30. The number of carbonyl (C=O) groups is 2. The number of ketones is 2. The number of fused-ring (bicyclic) bond motifs is 2. The molecule has 2 aliphatic rings. The van der Waals surface area contributed by atoms with Gasteiger partial charge < -0.3 is 18.9 Å². The average molecular weight is 365 g/mol. The molecular formula is C18H17ClO6. The lowest BCUT2D eigenvalue weighted by atomic mass is 9.88. The van der Waals surface area contributed by atoms with Gasteiger partial charge in [-0.15, -0.1) is 0 Å². The molecule has 0 radical (unpaired) electrons. The van der Waals surface area contributed by atoms with Gasteiger partial charge in [-0.2, -0.15) is 0 Å². The van der Waals surface area contributed by atoms with Crippen LogP contribution in [0, 0.1) is 5.92 Å². The van der Waals surface area contributed by atoms with E-state index < -0.39 is 5.92 Å². The molecule has 0 aromatic heterocycles. The van der Waals surface area contributed by atoms with Crippen LogP contribution in [0.25, 0.3) is 0 Å². The van der Waals surface area contributed by atoms with Crippen LogP contribution < -0.4 is 14.2 Å². The van der Waals surface area contributed by atoms with Gasteiger partial charge in [-0.25, -0.2) is 0 Å². The highest BCUT2D eigenvalue weighted by Crippen LogP contribution is 2.50. The monoisotopic (exact) mass is 364 g/mol. The lowest BCUT2D eigenvalue weighted by Crippen LogP contribution is -2.29. The Morgan fingerprint density at radius 3 is 2.40 bits per heavy atom. The van der Waals surface area contributed by atoms with Gasteiger partial charge in [0.25, 0.3) is 0 Å². The summed E-state index contributed by atoms with van der Waals surface area (Å²) in [5.74, 6) is 0.0563. The fourth-order valence-corrected chi connectivity index (χ4v) is 3.33. The predicted octanol–water partition coefficient (Wildman–Crippen LogP) is 3.33. The van der Waals surface area contributed by atoms with Crippen molar-refractivity contribution in [3.05, 3.63) is 39.8 Å². The van der Waals surface area contributed by atoms with Crippen LogP contribution in [0.3, 0.4) is 0 Å². The molecule has 0 N–H and O–H groups in total. The van der Waals surface area contributed by atoms with Gasteiger partial charge >= 0.3 is 0 Å². The fourth-order valence-electron chi connectivity index (χ4n) is 3.07. The zero-order chi connectivity index (χ0) is 18.3. The summed E-state index contributed by atoms with van der Waals surface area (Å²) in [7, 11) is 4.32. The highest BCUT2D eigenvalue weighted by molar-refractivity contribution is 6.34. The summed E-state index contributed by atoms with van der Waals surface area (Å²) >= 11 is 6.35. The third kappa shape index (κ3) is 2.66. The fraction of sp³-hybridized carbons (Fsp3) is 0.333. The van der Waals surface area contributed by atoms with Crippen LogP contribution in [0.5, 0.6) is 17.2 Å². The highest BCUT2D eigenvalue weighted by Gasteiger charge is 2.43. The molecule has 1 aliphatic heterocycles. The summed E-state index contributed by atoms with van der Waals surface area (Å²) in [5, 5.41) is 0.170. The standard InChI is InChI=1S/C18H17ClO6/c1-8-5-9(20)6-10(22-2)13-16(21)14-11(23-3)7-12(24-4)15(19)18(14)25-17(8)13/h6-7,13H,5H2,1-4H3/t13-/m0/s1. The Kier molecular flexibility index (Phi) is 4.47. The van der Waals surface area contributed by atoms with Gasteiger partial charge in [0.15, 0.2) is 17.3 Å². The number of methoxy groups -OCH3 is 3. The van der Waals surface area contributed by atoms with E-state index in [-0.39, 0.29) is 45.8 Å². The maximum atomic E-state index is 13.2. The van der Waals surface area contributed by atoms with Crippen molar-refractivity contribution in [2.24, 2.45) is 5.92 Å². The maximum Gasteiger partial charge on any atom is 0.188 e. The predicted molar refractivity (Wildman–Crippen MR) is 90.4 cm³/mol. The molecule has 6 nitrogen and oxygen atoms in total. The van der Waals surface area contributed by atoms with Crippen LogP contribution in [0.1, 0.15) is 23.7 Å². The first kappa shape index (κ1) is 17.4. The van der Waals surface area contributed by atoms with Crippen LogP contribution in [0.15, 0.2) is 29.2 Å². The van der Waals surface area contributed by atoms with Crippen LogP contribution in [-0.2, 0) is 9.53 Å². The largest absolute Gasteiger partial charge is 0.500 e. The summed E-state index contributed by atoms with van der Waals surface area (Å²) < 4.78 is 21.8. The Bertz CT molecular complexity index is 836. The first-order valence-electron chi connectivity index (χ1n) is 7.57. The number of allylic oxidation sites excluding steroid dienone is 2. The van der Waals surface area contributed by atoms with E-state index in [0.717, 1.165) is 0 Å². The van der Waals surface area contributed by atoms with Gasteiger partial charge in [0.05, 0.1) is 21.3 Å². The van der Waals surface area contributed by atoms with E-state index >= 15 is 0 Å². The molecule has 0 saturated carbocycles. The van der Waals surface area contributed by atoms with E-state index in [0.29, 0.717) is 17.1 Å². The molecule has 0 amide bonds. The van der Waals surface area contributed by atoms with Crippen LogP contribution in [-0.4, -0.2) is 32.9 Å². The zero-order valence-corrected chi connectivity index (χ0v) is 15.0. The van der Waals surface area contributed by atoms with Crippen molar-refractivity contribution in [2.75, 3.05) is 21.3 Å². The second kappa shape index (κ2) is 6.44. The van der Waals surface area contributed by atoms with Crippen LogP contribution >= 0.6 is 11.6 Å². The van der Waals surface area contributed by atoms with Gasteiger partial charge in [0.2, 0.25) is 0 Å². The van der Waals surface area contributed by atoms with Crippen molar-refractivity contribution in [2.45, 2.75) is 13.3 Å². The molecule has 0 saturated heterocycles. The number of rotatable bonds is 3. The van der Waals surface area contributed by atoms with E-state index in [1.807, 2.05) is 0 Å². The SMILES string of the molecule is COC1=CC(=O)CC(C)=C2Oc3c(Cl)c(OC)cc(OC)c3C(=O)[C@H]12. The number of hydrogen-bond acceptors (Lipinski definition) is 6. The third-order valence-corrected chi connectivity index (χ3v) is 4.62. The second-order valence-electron chi connectivity index (χ2n) is 5.74. The summed E-state index contributed by atoms with van der Waals surface area (Å²) in [6.07, 6.45) is 1.48. The number of ether oxygens (including phenoxy) is 4. The minimum Gasteiger partial charge on any atom is -0.500 e. The number of Topliss-reactive ketones (excluding diaryl/α,β-unsaturated/α-hetero) is 1. The smallest absolute Gasteiger partial charge is 0.188 e. The van der Waals surface area contributed by atoms with Crippen molar-refractivity contribution < 1.29 is 28.5 Å².